The summed E-state index contributed by atoms with van der Waals surface area (Å²) in [5, 5.41) is 0. The van der Waals surface area contributed by atoms with Crippen LogP contribution in [0.25, 0.3) is 11.1 Å². The molecule has 0 radical (unpaired) electrons. The largest absolute Gasteiger partial charge is 0.311 e. The van der Waals surface area contributed by atoms with Gasteiger partial charge in [0.05, 0.1) is 0 Å². The van der Waals surface area contributed by atoms with Crippen molar-refractivity contribution in [3.05, 3.63) is 205 Å². The van der Waals surface area contributed by atoms with Gasteiger partial charge in [-0.2, -0.15) is 0 Å². The quantitative estimate of drug-likeness (QED) is 0.156. The predicted molar refractivity (Wildman–Crippen MR) is 259 cm³/mol. The van der Waals surface area contributed by atoms with Gasteiger partial charge >= 0.3 is 0 Å². The summed E-state index contributed by atoms with van der Waals surface area (Å²) in [6.07, 6.45) is 6.37. The van der Waals surface area contributed by atoms with Crippen LogP contribution in [-0.4, -0.2) is 6.71 Å². The van der Waals surface area contributed by atoms with Crippen molar-refractivity contribution in [2.24, 2.45) is 0 Å². The lowest BCUT2D eigenvalue weighted by Crippen LogP contribution is -2.61. The van der Waals surface area contributed by atoms with Crippen molar-refractivity contribution < 1.29 is 0 Å². The van der Waals surface area contributed by atoms with Crippen LogP contribution >= 0.6 is 0 Å². The van der Waals surface area contributed by atoms with E-state index in [0.717, 1.165) is 17.1 Å². The van der Waals surface area contributed by atoms with Gasteiger partial charge in [-0.15, -0.1) is 0 Å². The van der Waals surface area contributed by atoms with Gasteiger partial charge in [-0.3, -0.25) is 0 Å². The Labute approximate surface area is 360 Å². The van der Waals surface area contributed by atoms with Crippen LogP contribution in [0.4, 0.5) is 51.2 Å². The first kappa shape index (κ1) is 36.1. The summed E-state index contributed by atoms with van der Waals surface area (Å²) in [6, 6.07) is 70.6. The fraction of sp³-hybridized carbons (Fsp3) is 0.158. The number of hydrogen-bond donors (Lipinski definition) is 0. The van der Waals surface area contributed by atoms with Crippen LogP contribution in [-0.2, 0) is 5.41 Å². The van der Waals surface area contributed by atoms with Gasteiger partial charge in [0.2, 0.25) is 0 Å². The highest BCUT2D eigenvalue weighted by Crippen LogP contribution is 2.52. The minimum atomic E-state index is -0.0508. The minimum Gasteiger partial charge on any atom is -0.311 e. The summed E-state index contributed by atoms with van der Waals surface area (Å²) in [7, 11) is 0. The van der Waals surface area contributed by atoms with Crippen molar-refractivity contribution >= 4 is 74.3 Å². The number of fused-ring (bicyclic) bond motifs is 7. The molecule has 8 aromatic rings. The molecule has 2 heterocycles. The second kappa shape index (κ2) is 14.2. The molecule has 0 atom stereocenters. The molecule has 8 aromatic carbocycles. The van der Waals surface area contributed by atoms with E-state index in [4.69, 9.17) is 0 Å². The van der Waals surface area contributed by atoms with Crippen LogP contribution in [0.15, 0.2) is 188 Å². The summed E-state index contributed by atoms with van der Waals surface area (Å²) in [5.41, 5.74) is 21.8. The normalized spacial score (nSPS) is 15.7. The zero-order valence-electron chi connectivity index (χ0n) is 34.9. The lowest BCUT2D eigenvalue weighted by atomic mass is 9.33. The monoisotopic (exact) mass is 785 g/mol. The molecule has 0 N–H and O–H groups in total. The van der Waals surface area contributed by atoms with E-state index in [1.165, 1.54) is 110 Å². The highest BCUT2D eigenvalue weighted by molar-refractivity contribution is 7.00. The first-order valence-electron chi connectivity index (χ1n) is 22.3. The molecule has 12 rings (SSSR count). The lowest BCUT2D eigenvalue weighted by molar-refractivity contribution is 0.444. The smallest absolute Gasteiger partial charge is 0.252 e. The molecule has 1 fully saturated rings. The number of para-hydroxylation sites is 4. The number of benzene rings is 8. The van der Waals surface area contributed by atoms with Crippen LogP contribution < -0.4 is 31.1 Å². The Bertz CT molecular complexity index is 2910. The van der Waals surface area contributed by atoms with Gasteiger partial charge < -0.3 is 14.7 Å². The molecule has 0 unspecified atom stereocenters. The van der Waals surface area contributed by atoms with Crippen LogP contribution in [0.2, 0.25) is 0 Å². The summed E-state index contributed by atoms with van der Waals surface area (Å²) >= 11 is 0. The molecule has 61 heavy (non-hydrogen) atoms. The van der Waals surface area contributed by atoms with Crippen molar-refractivity contribution in [2.75, 3.05) is 14.7 Å². The molecule has 0 aromatic heterocycles. The first-order valence-corrected chi connectivity index (χ1v) is 22.3. The Kier molecular flexibility index (Phi) is 8.39. The average molecular weight is 786 g/mol. The van der Waals surface area contributed by atoms with Crippen molar-refractivity contribution in [2.45, 2.75) is 57.3 Å². The van der Waals surface area contributed by atoms with E-state index < -0.39 is 0 Å². The maximum atomic E-state index is 2.61. The van der Waals surface area contributed by atoms with Gasteiger partial charge in [-0.05, 0) is 142 Å². The molecular weight excluding hydrogens is 737 g/mol. The van der Waals surface area contributed by atoms with E-state index in [1.807, 2.05) is 0 Å². The van der Waals surface area contributed by atoms with Gasteiger partial charge in [0.25, 0.3) is 6.71 Å². The molecule has 0 bridgehead atoms. The molecular formula is C57H48BN3. The molecule has 2 aliphatic carbocycles. The standard InChI is InChI=1S/C57H48BN3/c1-57(2)48-28-16-15-27-46(48)47-37-44(31-33-49(47)57)61-52-30-18-17-29-50(52)58-51-34-32-45(59(41-21-9-4-10-22-41)42-23-11-5-12-24-42)38-53(51)60(43-25-13-6-14-26-43)54-35-40(36-55(61)56(54)58)39-19-7-3-8-20-39/h4-6,9-18,21-39H,3,7-8,19-20H2,1-2H3. The van der Waals surface area contributed by atoms with Crippen molar-refractivity contribution in [1.82, 2.24) is 0 Å². The molecule has 3 nitrogen and oxygen atoms in total. The second-order valence-corrected chi connectivity index (χ2v) is 18.0. The van der Waals surface area contributed by atoms with E-state index in [-0.39, 0.29) is 12.1 Å². The van der Waals surface area contributed by atoms with Gasteiger partial charge in [-0.1, -0.05) is 142 Å². The van der Waals surface area contributed by atoms with Gasteiger partial charge in [0, 0.05) is 56.6 Å². The maximum absolute atomic E-state index is 2.61. The first-order chi connectivity index (χ1) is 30.0. The molecule has 1 saturated carbocycles. The molecule has 0 amide bonds. The number of anilines is 9. The Morgan fingerprint density at radius 2 is 1.05 bits per heavy atom. The molecule has 0 spiro atoms. The zero-order valence-corrected chi connectivity index (χ0v) is 34.9. The number of nitrogens with zero attached hydrogens (tertiary/aromatic N) is 3. The van der Waals surface area contributed by atoms with Crippen LogP contribution in [0.5, 0.6) is 0 Å². The van der Waals surface area contributed by atoms with E-state index in [1.54, 1.807) is 0 Å². The fourth-order valence-electron chi connectivity index (χ4n) is 11.3. The molecule has 294 valence electrons. The molecule has 2 aliphatic heterocycles. The number of hydrogen-bond acceptors (Lipinski definition) is 3. The zero-order chi connectivity index (χ0) is 40.7. The minimum absolute atomic E-state index is 0.0508. The Morgan fingerprint density at radius 3 is 1.77 bits per heavy atom. The summed E-state index contributed by atoms with van der Waals surface area (Å²) in [6.45, 7) is 4.81. The SMILES string of the molecule is CC1(C)c2ccccc2-c2cc(N3c4ccccc4B4c5ccc(N(c6ccccc6)c6ccccc6)cc5N(c5ccccc5)c5cc(C6CCCCC6)cc3c54)ccc21. The third-order valence-corrected chi connectivity index (χ3v) is 14.2. The highest BCUT2D eigenvalue weighted by atomic mass is 15.2. The van der Waals surface area contributed by atoms with Crippen molar-refractivity contribution in [1.29, 1.82) is 0 Å². The van der Waals surface area contributed by atoms with Crippen molar-refractivity contribution in [3.8, 4) is 11.1 Å². The van der Waals surface area contributed by atoms with Gasteiger partial charge in [-0.25, -0.2) is 0 Å². The van der Waals surface area contributed by atoms with Crippen molar-refractivity contribution in [3.63, 3.8) is 0 Å². The van der Waals surface area contributed by atoms with Crippen LogP contribution in [0, 0.1) is 0 Å². The maximum Gasteiger partial charge on any atom is 0.252 e. The van der Waals surface area contributed by atoms with Crippen LogP contribution in [0.1, 0.15) is 68.6 Å². The lowest BCUT2D eigenvalue weighted by Gasteiger charge is -2.45. The average Bonchev–Trinajstić information content (AvgIpc) is 3.55. The number of rotatable bonds is 6. The summed E-state index contributed by atoms with van der Waals surface area (Å²) < 4.78 is 0. The summed E-state index contributed by atoms with van der Waals surface area (Å²) in [4.78, 5) is 7.59. The molecule has 4 aliphatic rings. The summed E-state index contributed by atoms with van der Waals surface area (Å²) in [5.74, 6) is 0.525. The Balaban J connectivity index is 1.13. The van der Waals surface area contributed by atoms with E-state index >= 15 is 0 Å². The van der Waals surface area contributed by atoms with Gasteiger partial charge in [0.1, 0.15) is 0 Å². The highest BCUT2D eigenvalue weighted by Gasteiger charge is 2.45. The Hall–Kier alpha value is -6.78. The Morgan fingerprint density at radius 1 is 0.459 bits per heavy atom. The van der Waals surface area contributed by atoms with Gasteiger partial charge in [0.15, 0.2) is 0 Å². The van der Waals surface area contributed by atoms with Crippen LogP contribution in [0.3, 0.4) is 0 Å². The molecule has 4 heteroatoms. The van der Waals surface area contributed by atoms with E-state index in [2.05, 4.69) is 217 Å². The third kappa shape index (κ3) is 5.65. The third-order valence-electron chi connectivity index (χ3n) is 14.2. The second-order valence-electron chi connectivity index (χ2n) is 18.0. The van der Waals surface area contributed by atoms with E-state index in [0.29, 0.717) is 5.92 Å². The predicted octanol–water partition coefficient (Wildman–Crippen LogP) is 13.6. The topological polar surface area (TPSA) is 9.72 Å². The fourth-order valence-corrected chi connectivity index (χ4v) is 11.3. The molecule has 0 saturated heterocycles. The van der Waals surface area contributed by atoms with E-state index in [9.17, 15) is 0 Å².